The summed E-state index contributed by atoms with van der Waals surface area (Å²) in [5, 5.41) is 7.46. The molecule has 0 amide bonds. The zero-order chi connectivity index (χ0) is 13.1. The average molecular weight is 259 g/mol. The van der Waals surface area contributed by atoms with E-state index in [-0.39, 0.29) is 17.8 Å². The smallest absolute Gasteiger partial charge is 0.148 e. The van der Waals surface area contributed by atoms with Crippen LogP contribution in [0.4, 0.5) is 0 Å². The van der Waals surface area contributed by atoms with E-state index in [1.54, 1.807) is 0 Å². The average Bonchev–Trinajstić information content (AvgIpc) is 2.61. The molecule has 5 nitrogen and oxygen atoms in total. The SMILES string of the molecule is Cc1cnn(C(C)C(C)NCCS(C)(=O)=O)c1. The van der Waals surface area contributed by atoms with Crippen molar-refractivity contribution in [1.29, 1.82) is 0 Å². The third kappa shape index (κ3) is 4.87. The first-order chi connectivity index (χ1) is 7.79. The first kappa shape index (κ1) is 14.2. The number of aryl methyl sites for hydroxylation is 1. The normalized spacial score (nSPS) is 15.8. The number of nitrogens with zero attached hydrogens (tertiary/aromatic N) is 2. The molecule has 2 atom stereocenters. The van der Waals surface area contributed by atoms with Crippen LogP contribution < -0.4 is 5.32 Å². The molecule has 0 fully saturated rings. The van der Waals surface area contributed by atoms with Crippen molar-refractivity contribution in [1.82, 2.24) is 15.1 Å². The van der Waals surface area contributed by atoms with Crippen molar-refractivity contribution in [3.8, 4) is 0 Å². The summed E-state index contributed by atoms with van der Waals surface area (Å²) in [5.41, 5.74) is 1.13. The van der Waals surface area contributed by atoms with E-state index in [1.807, 2.05) is 30.9 Å². The number of nitrogens with one attached hydrogen (secondary N) is 1. The maximum atomic E-state index is 11.0. The van der Waals surface area contributed by atoms with Gasteiger partial charge in [-0.25, -0.2) is 8.42 Å². The Morgan fingerprint density at radius 3 is 2.59 bits per heavy atom. The number of rotatable bonds is 6. The highest BCUT2D eigenvalue weighted by atomic mass is 32.2. The van der Waals surface area contributed by atoms with E-state index < -0.39 is 9.84 Å². The summed E-state index contributed by atoms with van der Waals surface area (Å²) < 4.78 is 23.9. The molecule has 0 aromatic carbocycles. The van der Waals surface area contributed by atoms with Gasteiger partial charge in [0.1, 0.15) is 9.84 Å². The van der Waals surface area contributed by atoms with E-state index in [1.165, 1.54) is 6.26 Å². The van der Waals surface area contributed by atoms with Gasteiger partial charge in [0.25, 0.3) is 0 Å². The molecule has 1 aromatic rings. The number of aromatic nitrogens is 2. The third-order valence-corrected chi connectivity index (χ3v) is 3.76. The minimum absolute atomic E-state index is 0.169. The summed E-state index contributed by atoms with van der Waals surface area (Å²) in [4.78, 5) is 0. The van der Waals surface area contributed by atoms with Crippen LogP contribution in [0, 0.1) is 6.92 Å². The van der Waals surface area contributed by atoms with Crippen molar-refractivity contribution in [3.05, 3.63) is 18.0 Å². The lowest BCUT2D eigenvalue weighted by molar-refractivity contribution is 0.372. The molecule has 0 aliphatic heterocycles. The first-order valence-corrected chi connectivity index (χ1v) is 7.77. The second-order valence-corrected chi connectivity index (χ2v) is 6.87. The summed E-state index contributed by atoms with van der Waals surface area (Å²) >= 11 is 0. The van der Waals surface area contributed by atoms with Gasteiger partial charge in [-0.3, -0.25) is 4.68 Å². The maximum Gasteiger partial charge on any atom is 0.148 e. The van der Waals surface area contributed by atoms with E-state index in [4.69, 9.17) is 0 Å². The minimum Gasteiger partial charge on any atom is -0.311 e. The van der Waals surface area contributed by atoms with E-state index in [2.05, 4.69) is 17.3 Å². The van der Waals surface area contributed by atoms with Crippen LogP contribution in [0.15, 0.2) is 12.4 Å². The fraction of sp³-hybridized carbons (Fsp3) is 0.727. The zero-order valence-electron chi connectivity index (χ0n) is 10.8. The van der Waals surface area contributed by atoms with Crippen molar-refractivity contribution < 1.29 is 8.42 Å². The van der Waals surface area contributed by atoms with Crippen LogP contribution in [0.25, 0.3) is 0 Å². The van der Waals surface area contributed by atoms with Crippen LogP contribution in [0.2, 0.25) is 0 Å². The minimum atomic E-state index is -2.89. The Balaban J connectivity index is 2.45. The summed E-state index contributed by atoms with van der Waals surface area (Å²) in [6, 6.07) is 0.374. The molecular weight excluding hydrogens is 238 g/mol. The van der Waals surface area contributed by atoms with E-state index in [0.717, 1.165) is 5.56 Å². The Bertz CT molecular complexity index is 453. The lowest BCUT2D eigenvalue weighted by Gasteiger charge is -2.21. The largest absolute Gasteiger partial charge is 0.311 e. The molecule has 1 rings (SSSR count). The zero-order valence-corrected chi connectivity index (χ0v) is 11.7. The van der Waals surface area contributed by atoms with Gasteiger partial charge in [0.15, 0.2) is 0 Å². The molecule has 0 aliphatic rings. The molecule has 0 saturated heterocycles. The highest BCUT2D eigenvalue weighted by Crippen LogP contribution is 2.10. The highest BCUT2D eigenvalue weighted by Gasteiger charge is 2.14. The van der Waals surface area contributed by atoms with Crippen molar-refractivity contribution in [2.24, 2.45) is 0 Å². The molecule has 1 N–H and O–H groups in total. The molecule has 0 saturated carbocycles. The summed E-state index contributed by atoms with van der Waals surface area (Å²) in [6.07, 6.45) is 5.05. The summed E-state index contributed by atoms with van der Waals surface area (Å²) in [7, 11) is -2.89. The van der Waals surface area contributed by atoms with Gasteiger partial charge in [-0.1, -0.05) is 0 Å². The lowest BCUT2D eigenvalue weighted by Crippen LogP contribution is -2.36. The predicted octanol–water partition coefficient (Wildman–Crippen LogP) is 0.775. The van der Waals surface area contributed by atoms with Gasteiger partial charge < -0.3 is 5.32 Å². The Kier molecular flexibility index (Phi) is 4.70. The quantitative estimate of drug-likeness (QED) is 0.820. The molecule has 98 valence electrons. The van der Waals surface area contributed by atoms with Crippen LogP contribution in [-0.4, -0.2) is 42.8 Å². The standard InChI is InChI=1S/C11H21N3O2S/c1-9-7-13-14(8-9)11(3)10(2)12-5-6-17(4,15)16/h7-8,10-12H,5-6H2,1-4H3. The van der Waals surface area contributed by atoms with Crippen molar-refractivity contribution in [3.63, 3.8) is 0 Å². The molecule has 17 heavy (non-hydrogen) atoms. The van der Waals surface area contributed by atoms with Gasteiger partial charge in [0.05, 0.1) is 18.0 Å². The summed E-state index contributed by atoms with van der Waals surface area (Å²) in [5.74, 6) is 0.169. The molecule has 1 aromatic heterocycles. The highest BCUT2D eigenvalue weighted by molar-refractivity contribution is 7.90. The van der Waals surface area contributed by atoms with Crippen molar-refractivity contribution in [2.45, 2.75) is 32.9 Å². The topological polar surface area (TPSA) is 64.0 Å². The lowest BCUT2D eigenvalue weighted by atomic mass is 10.2. The Hall–Kier alpha value is -0.880. The maximum absolute atomic E-state index is 11.0. The van der Waals surface area contributed by atoms with E-state index in [0.29, 0.717) is 6.54 Å². The summed E-state index contributed by atoms with van der Waals surface area (Å²) in [6.45, 7) is 6.57. The van der Waals surface area contributed by atoms with E-state index in [9.17, 15) is 8.42 Å². The predicted molar refractivity (Wildman–Crippen MR) is 68.9 cm³/mol. The Morgan fingerprint density at radius 1 is 1.47 bits per heavy atom. The molecule has 0 bridgehead atoms. The van der Waals surface area contributed by atoms with Gasteiger partial charge in [-0.15, -0.1) is 0 Å². The van der Waals surface area contributed by atoms with Gasteiger partial charge in [0.2, 0.25) is 0 Å². The monoisotopic (exact) mass is 259 g/mol. The Morgan fingerprint density at radius 2 is 2.12 bits per heavy atom. The fourth-order valence-corrected chi connectivity index (χ4v) is 2.02. The molecule has 0 aliphatic carbocycles. The Labute approximate surface area is 103 Å². The second-order valence-electron chi connectivity index (χ2n) is 4.61. The second kappa shape index (κ2) is 5.64. The van der Waals surface area contributed by atoms with Crippen molar-refractivity contribution in [2.75, 3.05) is 18.6 Å². The number of hydrogen-bond donors (Lipinski definition) is 1. The van der Waals surface area contributed by atoms with Gasteiger partial charge in [-0.2, -0.15) is 5.10 Å². The van der Waals surface area contributed by atoms with Gasteiger partial charge in [-0.05, 0) is 26.3 Å². The number of sulfone groups is 1. The molecule has 0 spiro atoms. The van der Waals surface area contributed by atoms with Crippen LogP contribution in [0.1, 0.15) is 25.5 Å². The molecule has 2 unspecified atom stereocenters. The first-order valence-electron chi connectivity index (χ1n) is 5.71. The molecular formula is C11H21N3O2S. The van der Waals surface area contributed by atoms with Crippen LogP contribution >= 0.6 is 0 Å². The van der Waals surface area contributed by atoms with Crippen LogP contribution in [-0.2, 0) is 9.84 Å². The molecule has 6 heteroatoms. The third-order valence-electron chi connectivity index (χ3n) is 2.81. The van der Waals surface area contributed by atoms with Crippen LogP contribution in [0.3, 0.4) is 0 Å². The number of hydrogen-bond acceptors (Lipinski definition) is 4. The molecule has 0 radical (unpaired) electrons. The fourth-order valence-electron chi connectivity index (χ4n) is 1.53. The van der Waals surface area contributed by atoms with Crippen molar-refractivity contribution >= 4 is 9.84 Å². The van der Waals surface area contributed by atoms with Gasteiger partial charge in [0, 0.05) is 25.0 Å². The van der Waals surface area contributed by atoms with Crippen LogP contribution in [0.5, 0.6) is 0 Å². The van der Waals surface area contributed by atoms with Gasteiger partial charge >= 0.3 is 0 Å². The van der Waals surface area contributed by atoms with E-state index >= 15 is 0 Å². The molecule has 1 heterocycles.